The Bertz CT molecular complexity index is 403. The van der Waals surface area contributed by atoms with Gasteiger partial charge in [-0.05, 0) is 37.8 Å². The van der Waals surface area contributed by atoms with E-state index in [1.165, 1.54) is 25.7 Å². The summed E-state index contributed by atoms with van der Waals surface area (Å²) < 4.78 is 0. The molecule has 0 saturated heterocycles. The molecule has 0 aliphatic heterocycles. The second-order valence-electron chi connectivity index (χ2n) is 4.38. The van der Waals surface area contributed by atoms with Gasteiger partial charge in [0.1, 0.15) is 11.1 Å². The minimum absolute atomic E-state index is 0.716. The fourth-order valence-corrected chi connectivity index (χ4v) is 3.31. The highest BCUT2D eigenvalue weighted by molar-refractivity contribution is 7.99. The third-order valence-electron chi connectivity index (χ3n) is 3.05. The third-order valence-corrected chi connectivity index (χ3v) is 4.27. The Balaban J connectivity index is 2.02. The molecule has 0 bridgehead atoms. The summed E-state index contributed by atoms with van der Waals surface area (Å²) in [7, 11) is 0. The summed E-state index contributed by atoms with van der Waals surface area (Å²) in [5, 5.41) is 9.91. The third kappa shape index (κ3) is 2.76. The zero-order valence-corrected chi connectivity index (χ0v) is 10.4. The lowest BCUT2D eigenvalue weighted by Gasteiger charge is -2.08. The molecule has 1 aliphatic rings. The molecule has 84 valence electrons. The summed E-state index contributed by atoms with van der Waals surface area (Å²) in [5.41, 5.74) is 1.71. The standard InChI is InChI=1S/C13H16N2S/c1-10-6-7-12(8-14)13(15-10)16-9-11-4-2-3-5-11/h6-7,11H,2-5,9H2,1H3. The Morgan fingerprint density at radius 3 is 2.88 bits per heavy atom. The number of pyridine rings is 1. The summed E-state index contributed by atoms with van der Waals surface area (Å²) in [6.07, 6.45) is 5.44. The van der Waals surface area contributed by atoms with Gasteiger partial charge in [-0.3, -0.25) is 0 Å². The van der Waals surface area contributed by atoms with Crippen LogP contribution in [0.5, 0.6) is 0 Å². The Labute approximate surface area is 101 Å². The molecule has 1 fully saturated rings. The van der Waals surface area contributed by atoms with Crippen LogP contribution in [0.25, 0.3) is 0 Å². The Kier molecular flexibility index (Phi) is 3.84. The maximum Gasteiger partial charge on any atom is 0.114 e. The van der Waals surface area contributed by atoms with E-state index in [9.17, 15) is 0 Å². The predicted molar refractivity (Wildman–Crippen MR) is 66.4 cm³/mol. The average molecular weight is 232 g/mol. The second-order valence-corrected chi connectivity index (χ2v) is 5.39. The molecular weight excluding hydrogens is 216 g/mol. The van der Waals surface area contributed by atoms with Gasteiger partial charge >= 0.3 is 0 Å². The first kappa shape index (κ1) is 11.5. The molecule has 0 spiro atoms. The lowest BCUT2D eigenvalue weighted by atomic mass is 10.1. The molecule has 1 heterocycles. The number of hydrogen-bond acceptors (Lipinski definition) is 3. The molecule has 1 aliphatic carbocycles. The van der Waals surface area contributed by atoms with Gasteiger partial charge in [0.25, 0.3) is 0 Å². The van der Waals surface area contributed by atoms with E-state index in [-0.39, 0.29) is 0 Å². The maximum atomic E-state index is 9.00. The van der Waals surface area contributed by atoms with Gasteiger partial charge in [-0.15, -0.1) is 11.8 Å². The lowest BCUT2D eigenvalue weighted by molar-refractivity contribution is 0.623. The van der Waals surface area contributed by atoms with Crippen LogP contribution in [0, 0.1) is 24.2 Å². The monoisotopic (exact) mass is 232 g/mol. The molecule has 1 saturated carbocycles. The highest BCUT2D eigenvalue weighted by Gasteiger charge is 2.16. The van der Waals surface area contributed by atoms with Crippen molar-refractivity contribution in [3.63, 3.8) is 0 Å². The highest BCUT2D eigenvalue weighted by Crippen LogP contribution is 2.31. The molecule has 1 aromatic heterocycles. The van der Waals surface area contributed by atoms with Crippen LogP contribution in [0.2, 0.25) is 0 Å². The highest BCUT2D eigenvalue weighted by atomic mass is 32.2. The maximum absolute atomic E-state index is 9.00. The van der Waals surface area contributed by atoms with E-state index in [0.717, 1.165) is 22.4 Å². The van der Waals surface area contributed by atoms with Crippen LogP contribution in [-0.4, -0.2) is 10.7 Å². The average Bonchev–Trinajstić information content (AvgIpc) is 2.79. The van der Waals surface area contributed by atoms with Crippen LogP contribution >= 0.6 is 11.8 Å². The van der Waals surface area contributed by atoms with Crippen LogP contribution < -0.4 is 0 Å². The molecule has 0 unspecified atom stereocenters. The van der Waals surface area contributed by atoms with Crippen molar-refractivity contribution in [3.8, 4) is 6.07 Å². The zero-order chi connectivity index (χ0) is 11.4. The van der Waals surface area contributed by atoms with Gasteiger partial charge in [-0.2, -0.15) is 5.26 Å². The van der Waals surface area contributed by atoms with E-state index in [2.05, 4.69) is 11.1 Å². The first-order chi connectivity index (χ1) is 7.79. The predicted octanol–water partition coefficient (Wildman–Crippen LogP) is 3.54. The number of nitrogens with zero attached hydrogens (tertiary/aromatic N) is 2. The number of aryl methyl sites for hydroxylation is 1. The molecule has 0 atom stereocenters. The van der Waals surface area contributed by atoms with E-state index in [1.807, 2.05) is 19.1 Å². The van der Waals surface area contributed by atoms with Crippen molar-refractivity contribution in [1.29, 1.82) is 5.26 Å². The van der Waals surface area contributed by atoms with Gasteiger partial charge in [0.15, 0.2) is 0 Å². The van der Waals surface area contributed by atoms with Crippen molar-refractivity contribution in [2.45, 2.75) is 37.6 Å². The Hall–Kier alpha value is -1.01. The molecule has 16 heavy (non-hydrogen) atoms. The van der Waals surface area contributed by atoms with Gasteiger partial charge in [0.05, 0.1) is 5.56 Å². The van der Waals surface area contributed by atoms with Crippen molar-refractivity contribution in [3.05, 3.63) is 23.4 Å². The smallest absolute Gasteiger partial charge is 0.114 e. The Morgan fingerprint density at radius 2 is 2.19 bits per heavy atom. The minimum atomic E-state index is 0.716. The molecule has 0 N–H and O–H groups in total. The summed E-state index contributed by atoms with van der Waals surface area (Å²) in [5.74, 6) is 1.95. The van der Waals surface area contributed by atoms with Crippen LogP contribution in [0.3, 0.4) is 0 Å². The first-order valence-electron chi connectivity index (χ1n) is 5.80. The molecular formula is C13H16N2S. The quantitative estimate of drug-likeness (QED) is 0.748. The number of rotatable bonds is 3. The van der Waals surface area contributed by atoms with Crippen LogP contribution in [0.1, 0.15) is 36.9 Å². The van der Waals surface area contributed by atoms with Crippen LogP contribution in [-0.2, 0) is 0 Å². The summed E-state index contributed by atoms with van der Waals surface area (Å²) in [4.78, 5) is 4.45. The fraction of sp³-hybridized carbons (Fsp3) is 0.538. The van der Waals surface area contributed by atoms with Gasteiger partial charge in [-0.25, -0.2) is 4.98 Å². The number of aromatic nitrogens is 1. The molecule has 2 rings (SSSR count). The SMILES string of the molecule is Cc1ccc(C#N)c(SCC2CCCC2)n1. The van der Waals surface area contributed by atoms with Crippen molar-refractivity contribution >= 4 is 11.8 Å². The number of nitriles is 1. The largest absolute Gasteiger partial charge is 0.245 e. The van der Waals surface area contributed by atoms with Crippen molar-refractivity contribution < 1.29 is 0 Å². The lowest BCUT2D eigenvalue weighted by Crippen LogP contribution is -1.98. The van der Waals surface area contributed by atoms with Crippen LogP contribution in [0.4, 0.5) is 0 Å². The second kappa shape index (κ2) is 5.36. The normalized spacial score (nSPS) is 16.2. The summed E-state index contributed by atoms with van der Waals surface area (Å²) in [6, 6.07) is 5.99. The fourth-order valence-electron chi connectivity index (χ4n) is 2.10. The van der Waals surface area contributed by atoms with Crippen molar-refractivity contribution in [2.75, 3.05) is 5.75 Å². The van der Waals surface area contributed by atoms with E-state index in [0.29, 0.717) is 5.56 Å². The molecule has 3 heteroatoms. The van der Waals surface area contributed by atoms with Crippen molar-refractivity contribution in [2.24, 2.45) is 5.92 Å². The Morgan fingerprint density at radius 1 is 1.44 bits per heavy atom. The molecule has 0 amide bonds. The molecule has 2 nitrogen and oxygen atoms in total. The zero-order valence-electron chi connectivity index (χ0n) is 9.57. The topological polar surface area (TPSA) is 36.7 Å². The van der Waals surface area contributed by atoms with Gasteiger partial charge < -0.3 is 0 Å². The number of thioether (sulfide) groups is 1. The summed E-state index contributed by atoms with van der Waals surface area (Å²) in [6.45, 7) is 1.97. The van der Waals surface area contributed by atoms with Crippen LogP contribution in [0.15, 0.2) is 17.2 Å². The van der Waals surface area contributed by atoms with Gasteiger partial charge in [-0.1, -0.05) is 12.8 Å². The van der Waals surface area contributed by atoms with Crippen molar-refractivity contribution in [1.82, 2.24) is 4.98 Å². The molecule has 1 aromatic rings. The van der Waals surface area contributed by atoms with E-state index in [4.69, 9.17) is 5.26 Å². The first-order valence-corrected chi connectivity index (χ1v) is 6.78. The minimum Gasteiger partial charge on any atom is -0.245 e. The van der Waals surface area contributed by atoms with E-state index >= 15 is 0 Å². The van der Waals surface area contributed by atoms with E-state index in [1.54, 1.807) is 11.8 Å². The molecule has 0 aromatic carbocycles. The van der Waals surface area contributed by atoms with Gasteiger partial charge in [0, 0.05) is 11.4 Å². The van der Waals surface area contributed by atoms with Gasteiger partial charge in [0.2, 0.25) is 0 Å². The summed E-state index contributed by atoms with van der Waals surface area (Å²) >= 11 is 1.75. The van der Waals surface area contributed by atoms with E-state index < -0.39 is 0 Å². The molecule has 0 radical (unpaired) electrons. The number of hydrogen-bond donors (Lipinski definition) is 0.